The molecule has 0 heterocycles. The number of alkyl halides is 3. The second kappa shape index (κ2) is 5.87. The van der Waals surface area contributed by atoms with Crippen molar-refractivity contribution in [3.63, 3.8) is 0 Å². The number of carbonyl (C=O) groups excluding carboxylic acids is 1. The lowest BCUT2D eigenvalue weighted by Gasteiger charge is -1.98. The summed E-state index contributed by atoms with van der Waals surface area (Å²) in [5.74, 6) is 0.456. The average Bonchev–Trinajstić information content (AvgIpc) is 2.48. The van der Waals surface area contributed by atoms with Gasteiger partial charge in [0.2, 0.25) is 0 Å². The normalized spacial score (nSPS) is 21.6. The lowest BCUT2D eigenvalue weighted by molar-refractivity contribution is -0.116. The molecule has 0 radical (unpaired) electrons. The van der Waals surface area contributed by atoms with E-state index in [4.69, 9.17) is 13.0 Å². The minimum atomic E-state index is -5.84. The van der Waals surface area contributed by atoms with Gasteiger partial charge in [0.1, 0.15) is 5.78 Å². The predicted molar refractivity (Wildman–Crippen MR) is 53.8 cm³/mol. The molecule has 4 nitrogen and oxygen atoms in total. The van der Waals surface area contributed by atoms with Gasteiger partial charge in [0.05, 0.1) is 5.25 Å². The van der Waals surface area contributed by atoms with Crippen molar-refractivity contribution in [2.45, 2.75) is 30.0 Å². The molecule has 1 rings (SSSR count). The van der Waals surface area contributed by atoms with Crippen LogP contribution < -0.4 is 0 Å². The fourth-order valence-electron chi connectivity index (χ4n) is 1.03. The van der Waals surface area contributed by atoms with Gasteiger partial charge in [-0.05, 0) is 19.1 Å². The van der Waals surface area contributed by atoms with Crippen LogP contribution in [0.5, 0.6) is 0 Å². The Balaban J connectivity index is 0.000000281. The molecule has 1 atom stereocenters. The van der Waals surface area contributed by atoms with E-state index >= 15 is 0 Å². The summed E-state index contributed by atoms with van der Waals surface area (Å²) in [6.07, 6.45) is 5.06. The Morgan fingerprint density at radius 2 is 1.88 bits per heavy atom. The van der Waals surface area contributed by atoms with E-state index in [-0.39, 0.29) is 0 Å². The molecule has 0 aliphatic heterocycles. The first-order valence-corrected chi connectivity index (χ1v) is 6.91. The zero-order valence-electron chi connectivity index (χ0n) is 8.32. The van der Waals surface area contributed by atoms with Crippen LogP contribution in [0.2, 0.25) is 0 Å². The second-order valence-corrected chi connectivity index (χ2v) is 5.46. The molecule has 0 spiro atoms. The van der Waals surface area contributed by atoms with Crippen molar-refractivity contribution in [3.05, 3.63) is 0 Å². The zero-order chi connectivity index (χ0) is 13.0. The molecule has 0 amide bonds. The minimum absolute atomic E-state index is 0.343. The fraction of sp³-hybridized carbons (Fsp3) is 0.857. The first kappa shape index (κ1) is 15.7. The summed E-state index contributed by atoms with van der Waals surface area (Å²) in [7, 11) is -5.84. The Hall–Kier alpha value is -0.280. The van der Waals surface area contributed by atoms with Crippen LogP contribution in [0, 0.1) is 0 Å². The molecule has 0 saturated heterocycles. The van der Waals surface area contributed by atoms with Crippen molar-refractivity contribution >= 4 is 27.7 Å². The molecular weight excluding hydrogens is 269 g/mol. The number of Topliss-reactive ketones (excluding diaryl/α,β-unsaturated/α-hetero) is 1. The maximum Gasteiger partial charge on any atom is 0.522 e. The SMILES string of the molecule is CSC1CCCC1=O.O=S(=O)(O)C(F)(F)F. The third-order valence-electron chi connectivity index (χ3n) is 1.83. The zero-order valence-corrected chi connectivity index (χ0v) is 9.95. The quantitative estimate of drug-likeness (QED) is 0.586. The van der Waals surface area contributed by atoms with Gasteiger partial charge in [0.15, 0.2) is 0 Å². The lowest BCUT2D eigenvalue weighted by Crippen LogP contribution is -2.21. The highest BCUT2D eigenvalue weighted by Gasteiger charge is 2.44. The van der Waals surface area contributed by atoms with Crippen LogP contribution in [0.1, 0.15) is 19.3 Å². The summed E-state index contributed by atoms with van der Waals surface area (Å²) in [6, 6.07) is 0. The van der Waals surface area contributed by atoms with E-state index in [1.165, 1.54) is 0 Å². The summed E-state index contributed by atoms with van der Waals surface area (Å²) in [4.78, 5) is 10.8. The van der Waals surface area contributed by atoms with Gasteiger partial charge in [0, 0.05) is 6.42 Å². The van der Waals surface area contributed by atoms with Crippen LogP contribution in [0.15, 0.2) is 0 Å². The highest BCUT2D eigenvalue weighted by molar-refractivity contribution is 7.99. The van der Waals surface area contributed by atoms with Crippen molar-refractivity contribution in [2.75, 3.05) is 6.26 Å². The molecule has 0 aromatic heterocycles. The van der Waals surface area contributed by atoms with Crippen molar-refractivity contribution < 1.29 is 30.9 Å². The molecule has 16 heavy (non-hydrogen) atoms. The monoisotopic (exact) mass is 280 g/mol. The number of thioether (sulfide) groups is 1. The number of halogens is 3. The van der Waals surface area contributed by atoms with Gasteiger partial charge in [0.25, 0.3) is 0 Å². The molecule has 1 aliphatic rings. The van der Waals surface area contributed by atoms with Crippen molar-refractivity contribution in [1.29, 1.82) is 0 Å². The van der Waals surface area contributed by atoms with E-state index < -0.39 is 15.6 Å². The van der Waals surface area contributed by atoms with Crippen molar-refractivity contribution in [2.24, 2.45) is 0 Å². The van der Waals surface area contributed by atoms with Gasteiger partial charge in [-0.2, -0.15) is 33.4 Å². The Bertz CT molecular complexity index is 336. The maximum atomic E-state index is 10.8. The molecule has 0 aromatic rings. The van der Waals surface area contributed by atoms with Crippen LogP contribution in [-0.2, 0) is 14.9 Å². The first-order chi connectivity index (χ1) is 7.09. The summed E-state index contributed by atoms with van der Waals surface area (Å²) in [6.45, 7) is 0. The summed E-state index contributed by atoms with van der Waals surface area (Å²) in [5.41, 5.74) is -5.53. The Morgan fingerprint density at radius 3 is 2.00 bits per heavy atom. The van der Waals surface area contributed by atoms with Crippen LogP contribution in [0.3, 0.4) is 0 Å². The second-order valence-electron chi connectivity index (χ2n) is 3.00. The molecule has 1 aliphatic carbocycles. The Kier molecular flexibility index (Phi) is 5.77. The molecule has 96 valence electrons. The van der Waals surface area contributed by atoms with Crippen LogP contribution in [0.4, 0.5) is 13.2 Å². The largest absolute Gasteiger partial charge is 0.522 e. The minimum Gasteiger partial charge on any atom is -0.298 e. The third kappa shape index (κ3) is 5.17. The predicted octanol–water partition coefficient (Wildman–Crippen LogP) is 1.87. The molecule has 9 heteroatoms. The summed E-state index contributed by atoms with van der Waals surface area (Å²) < 4.78 is 57.5. The van der Waals surface area contributed by atoms with Crippen LogP contribution >= 0.6 is 11.8 Å². The van der Waals surface area contributed by atoms with Gasteiger partial charge < -0.3 is 0 Å². The van der Waals surface area contributed by atoms with Gasteiger partial charge in [-0.1, -0.05) is 0 Å². The fourth-order valence-corrected chi connectivity index (χ4v) is 1.82. The van der Waals surface area contributed by atoms with Crippen LogP contribution in [0.25, 0.3) is 0 Å². The number of hydrogen-bond acceptors (Lipinski definition) is 4. The molecule has 1 unspecified atom stereocenters. The molecule has 1 fully saturated rings. The summed E-state index contributed by atoms with van der Waals surface area (Å²) in [5, 5.41) is 0.343. The Morgan fingerprint density at radius 1 is 1.44 bits per heavy atom. The topological polar surface area (TPSA) is 71.4 Å². The van der Waals surface area contributed by atoms with Crippen molar-refractivity contribution in [3.8, 4) is 0 Å². The van der Waals surface area contributed by atoms with Crippen LogP contribution in [-0.4, -0.2) is 35.8 Å². The lowest BCUT2D eigenvalue weighted by atomic mass is 10.3. The van der Waals surface area contributed by atoms with E-state index in [0.717, 1.165) is 19.3 Å². The standard InChI is InChI=1S/C6H10OS.CHF3O3S/c1-8-6-4-2-3-5(6)7;2-1(3,4)8(5,6)7/h6H,2-4H2,1H3;(H,5,6,7). The number of rotatable bonds is 1. The molecule has 0 aromatic carbocycles. The van der Waals surface area contributed by atoms with E-state index in [2.05, 4.69) is 0 Å². The van der Waals surface area contributed by atoms with Gasteiger partial charge >= 0.3 is 15.6 Å². The molecule has 1 N–H and O–H groups in total. The number of hydrogen-bond donors (Lipinski definition) is 1. The highest BCUT2D eigenvalue weighted by Crippen LogP contribution is 2.24. The third-order valence-corrected chi connectivity index (χ3v) is 3.48. The first-order valence-electron chi connectivity index (χ1n) is 4.19. The molecule has 1 saturated carbocycles. The molecule has 0 bridgehead atoms. The number of carbonyl (C=O) groups is 1. The smallest absolute Gasteiger partial charge is 0.298 e. The van der Waals surface area contributed by atoms with Gasteiger partial charge in [-0.25, -0.2) is 0 Å². The van der Waals surface area contributed by atoms with Crippen molar-refractivity contribution in [1.82, 2.24) is 0 Å². The van der Waals surface area contributed by atoms with E-state index in [1.807, 2.05) is 6.26 Å². The van der Waals surface area contributed by atoms with E-state index in [0.29, 0.717) is 11.0 Å². The highest BCUT2D eigenvalue weighted by atomic mass is 32.2. The average molecular weight is 280 g/mol. The molecular formula is C7H11F3O4S2. The summed E-state index contributed by atoms with van der Waals surface area (Å²) >= 11 is 1.69. The maximum absolute atomic E-state index is 10.8. The van der Waals surface area contributed by atoms with Gasteiger partial charge in [-0.15, -0.1) is 0 Å². The number of ketones is 1. The Labute approximate surface area is 95.3 Å². The van der Waals surface area contributed by atoms with E-state index in [9.17, 15) is 18.0 Å². The van der Waals surface area contributed by atoms with E-state index in [1.54, 1.807) is 11.8 Å². The van der Waals surface area contributed by atoms with Gasteiger partial charge in [-0.3, -0.25) is 9.35 Å².